The number of carbonyl (C=O) groups excluding carboxylic acids is 1. The van der Waals surface area contributed by atoms with Crippen molar-refractivity contribution in [1.82, 2.24) is 29.9 Å². The van der Waals surface area contributed by atoms with Gasteiger partial charge in [0.05, 0.1) is 11.6 Å². The number of rotatable bonds is 8. The van der Waals surface area contributed by atoms with Crippen molar-refractivity contribution in [2.75, 3.05) is 17.7 Å². The molecule has 0 fully saturated rings. The molecule has 0 saturated carbocycles. The van der Waals surface area contributed by atoms with E-state index in [1.807, 2.05) is 0 Å². The first-order chi connectivity index (χ1) is 15.0. The second-order valence-corrected chi connectivity index (χ2v) is 7.39. The minimum absolute atomic E-state index is 0.0359. The van der Waals surface area contributed by atoms with Crippen LogP contribution in [-0.2, 0) is 4.79 Å². The third kappa shape index (κ3) is 5.30. The van der Waals surface area contributed by atoms with Crippen LogP contribution in [0.4, 0.5) is 33.8 Å². The number of alkyl halides is 5. The van der Waals surface area contributed by atoms with Gasteiger partial charge in [-0.15, -0.1) is 0 Å². The number of fused-ring (bicyclic) bond motifs is 1. The fraction of sp³-hybridized carbons (Fsp3) is 0.375. The Kier molecular flexibility index (Phi) is 6.61. The molecule has 0 aliphatic carbocycles. The Morgan fingerprint density at radius 1 is 1.25 bits per heavy atom. The Balaban J connectivity index is 1.69. The number of thioether (sulfide) groups is 1. The number of aromatic nitrogens is 6. The lowest BCUT2D eigenvalue weighted by Crippen LogP contribution is -2.41. The van der Waals surface area contributed by atoms with Gasteiger partial charge >= 0.3 is 12.1 Å². The molecule has 1 amide bonds. The largest absolute Gasteiger partial charge is 0.471 e. The van der Waals surface area contributed by atoms with E-state index in [9.17, 15) is 26.7 Å². The van der Waals surface area contributed by atoms with Crippen molar-refractivity contribution < 1.29 is 31.5 Å². The van der Waals surface area contributed by atoms with Gasteiger partial charge in [0.1, 0.15) is 10.5 Å². The third-order valence-electron chi connectivity index (χ3n) is 3.87. The minimum atomic E-state index is -5.77. The predicted molar refractivity (Wildman–Crippen MR) is 103 cm³/mol. The Morgan fingerprint density at radius 3 is 2.69 bits per heavy atom. The highest BCUT2D eigenvalue weighted by Gasteiger charge is 2.58. The average molecular weight is 478 g/mol. The van der Waals surface area contributed by atoms with Crippen LogP contribution in [0.5, 0.6) is 5.88 Å². The lowest BCUT2D eigenvalue weighted by atomic mass is 10.3. The quantitative estimate of drug-likeness (QED) is 0.253. The monoisotopic (exact) mass is 478 g/mol. The van der Waals surface area contributed by atoms with Gasteiger partial charge in [0.25, 0.3) is 0 Å². The number of nitrogens with two attached hydrogens (primary N) is 1. The van der Waals surface area contributed by atoms with Gasteiger partial charge < -0.3 is 15.5 Å². The number of nitrogens with zero attached hydrogens (tertiary/aromatic N) is 5. The summed E-state index contributed by atoms with van der Waals surface area (Å²) in [6.07, 6.45) is -3.00. The maximum atomic E-state index is 13.0. The van der Waals surface area contributed by atoms with Gasteiger partial charge in [0, 0.05) is 12.3 Å². The maximum Gasteiger partial charge on any atom is 0.456 e. The SMILES string of the molecule is CC[C@H](Sc1nc(N)nc2nc[nH]c12)C(=O)Nc1nccc(OCC(F)(F)C(F)(F)F)n1. The first-order valence-electron chi connectivity index (χ1n) is 8.84. The number of H-pyrrole nitrogens is 1. The van der Waals surface area contributed by atoms with Crippen molar-refractivity contribution in [3.63, 3.8) is 0 Å². The van der Waals surface area contributed by atoms with Gasteiger partial charge in [-0.3, -0.25) is 10.1 Å². The number of hydrogen-bond acceptors (Lipinski definition) is 9. The van der Waals surface area contributed by atoms with Crippen LogP contribution in [0, 0.1) is 0 Å². The summed E-state index contributed by atoms with van der Waals surface area (Å²) in [6, 6.07) is 0.979. The summed E-state index contributed by atoms with van der Waals surface area (Å²) in [6.45, 7) is -0.241. The van der Waals surface area contributed by atoms with Crippen LogP contribution in [-0.4, -0.2) is 59.8 Å². The number of nitrogen functional groups attached to an aromatic ring is 1. The number of carbonyl (C=O) groups is 1. The van der Waals surface area contributed by atoms with E-state index in [0.29, 0.717) is 22.6 Å². The number of aromatic amines is 1. The highest BCUT2D eigenvalue weighted by Crippen LogP contribution is 2.35. The van der Waals surface area contributed by atoms with E-state index in [1.165, 1.54) is 6.33 Å². The minimum Gasteiger partial charge on any atom is -0.471 e. The molecule has 10 nitrogen and oxygen atoms in total. The number of imidazole rings is 1. The van der Waals surface area contributed by atoms with Gasteiger partial charge in [0.15, 0.2) is 12.3 Å². The van der Waals surface area contributed by atoms with E-state index in [2.05, 4.69) is 40.0 Å². The second-order valence-electron chi connectivity index (χ2n) is 6.20. The molecule has 0 saturated heterocycles. The molecule has 0 aliphatic rings. The van der Waals surface area contributed by atoms with Crippen LogP contribution < -0.4 is 15.8 Å². The standard InChI is InChI=1S/C16H15F5N8O2S/c1-2-7(32-12-9-10(25-6-24-9)27-13(22)29-12)11(30)28-14-23-4-3-8(26-14)31-5-15(17,18)16(19,20)21/h3-4,6-7H,2,5H2,1H3,(H,23,26,28,30)(H3,22,24,25,27,29)/t7-/m0/s1. The summed E-state index contributed by atoms with van der Waals surface area (Å²) in [5.74, 6) is -6.58. The van der Waals surface area contributed by atoms with Crippen LogP contribution in [0.1, 0.15) is 13.3 Å². The van der Waals surface area contributed by atoms with Crippen LogP contribution in [0.25, 0.3) is 11.2 Å². The van der Waals surface area contributed by atoms with E-state index in [0.717, 1.165) is 24.0 Å². The van der Waals surface area contributed by atoms with Crippen LogP contribution in [0.2, 0.25) is 0 Å². The normalized spacial score (nSPS) is 13.2. The van der Waals surface area contributed by atoms with Crippen molar-refractivity contribution in [3.8, 4) is 5.88 Å². The molecule has 0 bridgehead atoms. The molecule has 0 aromatic carbocycles. The number of hydrogen-bond donors (Lipinski definition) is 3. The Morgan fingerprint density at radius 2 is 2.00 bits per heavy atom. The molecular weight excluding hydrogens is 463 g/mol. The smallest absolute Gasteiger partial charge is 0.456 e. The molecule has 0 unspecified atom stereocenters. The molecule has 172 valence electrons. The van der Waals surface area contributed by atoms with Gasteiger partial charge in [-0.1, -0.05) is 18.7 Å². The first-order valence-corrected chi connectivity index (χ1v) is 9.72. The number of nitrogens with one attached hydrogen (secondary N) is 2. The maximum absolute atomic E-state index is 13.0. The van der Waals surface area contributed by atoms with E-state index < -0.39 is 35.7 Å². The van der Waals surface area contributed by atoms with Crippen LogP contribution in [0.15, 0.2) is 23.6 Å². The highest BCUT2D eigenvalue weighted by atomic mass is 32.2. The van der Waals surface area contributed by atoms with Gasteiger partial charge in [-0.05, 0) is 6.42 Å². The predicted octanol–water partition coefficient (Wildman–Crippen LogP) is 2.81. The Labute approximate surface area is 180 Å². The van der Waals surface area contributed by atoms with Crippen molar-refractivity contribution >= 4 is 40.7 Å². The summed E-state index contributed by atoms with van der Waals surface area (Å²) in [4.78, 5) is 34.9. The topological polar surface area (TPSA) is 145 Å². The number of halogens is 5. The van der Waals surface area contributed by atoms with Gasteiger partial charge in [-0.2, -0.15) is 31.9 Å². The molecule has 0 radical (unpaired) electrons. The third-order valence-corrected chi connectivity index (χ3v) is 5.22. The summed E-state index contributed by atoms with van der Waals surface area (Å²) < 4.78 is 67.2. The van der Waals surface area contributed by atoms with Crippen LogP contribution in [0.3, 0.4) is 0 Å². The number of amides is 1. The fourth-order valence-electron chi connectivity index (χ4n) is 2.28. The van der Waals surface area contributed by atoms with Crippen molar-refractivity contribution in [2.24, 2.45) is 0 Å². The number of ether oxygens (including phenoxy) is 1. The lowest BCUT2D eigenvalue weighted by molar-refractivity contribution is -0.290. The van der Waals surface area contributed by atoms with E-state index in [1.54, 1.807) is 6.92 Å². The Hall–Kier alpha value is -3.30. The fourth-order valence-corrected chi connectivity index (χ4v) is 3.30. The first kappa shape index (κ1) is 23.4. The molecule has 3 rings (SSSR count). The van der Waals surface area contributed by atoms with Crippen molar-refractivity contribution in [1.29, 1.82) is 0 Å². The summed E-state index contributed by atoms with van der Waals surface area (Å²) in [5, 5.41) is 2.03. The summed E-state index contributed by atoms with van der Waals surface area (Å²) >= 11 is 1.06. The second kappa shape index (κ2) is 9.05. The zero-order chi connectivity index (χ0) is 23.5. The molecule has 4 N–H and O–H groups in total. The zero-order valence-corrected chi connectivity index (χ0v) is 17.0. The van der Waals surface area contributed by atoms with Gasteiger partial charge in [-0.25, -0.2) is 15.0 Å². The van der Waals surface area contributed by atoms with Crippen molar-refractivity contribution in [2.45, 2.75) is 35.7 Å². The Bertz CT molecular complexity index is 1110. The van der Waals surface area contributed by atoms with E-state index >= 15 is 0 Å². The summed E-state index contributed by atoms with van der Waals surface area (Å²) in [5.41, 5.74) is 6.45. The molecule has 0 aliphatic heterocycles. The van der Waals surface area contributed by atoms with Gasteiger partial charge in [0.2, 0.25) is 23.7 Å². The summed E-state index contributed by atoms with van der Waals surface area (Å²) in [7, 11) is 0. The van der Waals surface area contributed by atoms with E-state index in [4.69, 9.17) is 5.73 Å². The molecule has 3 aromatic heterocycles. The molecule has 1 atom stereocenters. The van der Waals surface area contributed by atoms with Crippen LogP contribution >= 0.6 is 11.8 Å². The molecular formula is C16H15F5N8O2S. The average Bonchev–Trinajstić information content (AvgIpc) is 3.18. The van der Waals surface area contributed by atoms with E-state index in [-0.39, 0.29) is 11.9 Å². The molecule has 3 heterocycles. The van der Waals surface area contributed by atoms with Crippen molar-refractivity contribution in [3.05, 3.63) is 18.6 Å². The molecule has 3 aromatic rings. The highest BCUT2D eigenvalue weighted by molar-refractivity contribution is 8.00. The lowest BCUT2D eigenvalue weighted by Gasteiger charge is -2.19. The molecule has 16 heteroatoms. The molecule has 0 spiro atoms. The number of anilines is 2. The molecule has 32 heavy (non-hydrogen) atoms. The zero-order valence-electron chi connectivity index (χ0n) is 16.2.